The maximum absolute atomic E-state index is 11.2. The monoisotopic (exact) mass is 185 g/mol. The van der Waals surface area contributed by atoms with E-state index in [0.29, 0.717) is 17.2 Å². The van der Waals surface area contributed by atoms with Crippen LogP contribution in [0.2, 0.25) is 0 Å². The van der Waals surface area contributed by atoms with Gasteiger partial charge in [0.15, 0.2) is 0 Å². The highest BCUT2D eigenvalue weighted by Gasteiger charge is 2.13. The van der Waals surface area contributed by atoms with E-state index >= 15 is 0 Å². The van der Waals surface area contributed by atoms with Gasteiger partial charge in [0.1, 0.15) is 0 Å². The van der Waals surface area contributed by atoms with Crippen molar-refractivity contribution in [3.8, 4) is 0 Å². The summed E-state index contributed by atoms with van der Waals surface area (Å²) in [6, 6.07) is 0. The summed E-state index contributed by atoms with van der Waals surface area (Å²) >= 11 is 1.36. The van der Waals surface area contributed by atoms with Crippen LogP contribution >= 0.6 is 11.3 Å². The summed E-state index contributed by atoms with van der Waals surface area (Å²) in [6.07, 6.45) is 0. The number of nitrogen functional groups attached to an aromatic ring is 1. The maximum atomic E-state index is 11.2. The number of hydrogen-bond donors (Lipinski definition) is 1. The van der Waals surface area contributed by atoms with Crippen LogP contribution in [0.3, 0.4) is 0 Å². The van der Waals surface area contributed by atoms with Crippen molar-refractivity contribution >= 4 is 22.3 Å². The minimum atomic E-state index is -0.289. The Kier molecular flexibility index (Phi) is 2.70. The fraction of sp³-hybridized carbons (Fsp3) is 0.375. The average Bonchev–Trinajstić information content (AvgIpc) is 2.34. The molecule has 0 bridgehead atoms. The second-order valence-electron chi connectivity index (χ2n) is 2.36. The smallest absolute Gasteiger partial charge is 0.339 e. The van der Waals surface area contributed by atoms with Crippen molar-refractivity contribution in [3.63, 3.8) is 0 Å². The molecule has 0 aliphatic heterocycles. The molecule has 1 aromatic heterocycles. The summed E-state index contributed by atoms with van der Waals surface area (Å²) in [6.45, 7) is 4.00. The molecular weight excluding hydrogens is 174 g/mol. The standard InChI is InChI=1S/C8H11NO2S/c1-3-11-8(10)6-4-12-7(9)5(6)2/h4H,3,9H2,1-2H3. The van der Waals surface area contributed by atoms with E-state index in [1.807, 2.05) is 6.92 Å². The normalized spacial score (nSPS) is 9.83. The quantitative estimate of drug-likeness (QED) is 0.715. The molecule has 1 aromatic rings. The molecule has 3 nitrogen and oxygen atoms in total. The molecule has 0 radical (unpaired) electrons. The van der Waals surface area contributed by atoms with E-state index in [1.54, 1.807) is 12.3 Å². The molecule has 0 saturated carbocycles. The first-order valence-electron chi connectivity index (χ1n) is 3.67. The third kappa shape index (κ3) is 1.58. The highest BCUT2D eigenvalue weighted by atomic mass is 32.1. The largest absolute Gasteiger partial charge is 0.462 e. The van der Waals surface area contributed by atoms with Crippen LogP contribution in [0.4, 0.5) is 5.00 Å². The maximum Gasteiger partial charge on any atom is 0.339 e. The Hall–Kier alpha value is -1.03. The summed E-state index contributed by atoms with van der Waals surface area (Å²) in [4.78, 5) is 11.2. The number of nitrogens with two attached hydrogens (primary N) is 1. The van der Waals surface area contributed by atoms with Crippen molar-refractivity contribution in [2.24, 2.45) is 0 Å². The van der Waals surface area contributed by atoms with E-state index in [-0.39, 0.29) is 5.97 Å². The molecule has 0 unspecified atom stereocenters. The van der Waals surface area contributed by atoms with Gasteiger partial charge in [-0.1, -0.05) is 0 Å². The zero-order valence-electron chi connectivity index (χ0n) is 7.09. The molecule has 0 spiro atoms. The van der Waals surface area contributed by atoms with Gasteiger partial charge in [-0.05, 0) is 19.4 Å². The van der Waals surface area contributed by atoms with Crippen LogP contribution in [0, 0.1) is 6.92 Å². The zero-order valence-corrected chi connectivity index (χ0v) is 7.90. The molecule has 0 amide bonds. The molecule has 0 fully saturated rings. The van der Waals surface area contributed by atoms with E-state index < -0.39 is 0 Å². The van der Waals surface area contributed by atoms with E-state index in [1.165, 1.54) is 11.3 Å². The highest BCUT2D eigenvalue weighted by Crippen LogP contribution is 2.24. The molecule has 0 saturated heterocycles. The Labute approximate surface area is 75.1 Å². The van der Waals surface area contributed by atoms with Crippen LogP contribution in [0.5, 0.6) is 0 Å². The Morgan fingerprint density at radius 2 is 2.42 bits per heavy atom. The third-order valence-corrected chi connectivity index (χ3v) is 2.49. The average molecular weight is 185 g/mol. The number of thiophene rings is 1. The number of ether oxygens (including phenoxy) is 1. The van der Waals surface area contributed by atoms with Gasteiger partial charge in [-0.25, -0.2) is 4.79 Å². The number of esters is 1. The van der Waals surface area contributed by atoms with Crippen molar-refractivity contribution in [2.75, 3.05) is 12.3 Å². The van der Waals surface area contributed by atoms with E-state index in [0.717, 1.165) is 5.56 Å². The molecule has 0 atom stereocenters. The van der Waals surface area contributed by atoms with Gasteiger partial charge in [-0.2, -0.15) is 0 Å². The lowest BCUT2D eigenvalue weighted by molar-refractivity contribution is 0.0526. The number of hydrogen-bond acceptors (Lipinski definition) is 4. The molecule has 0 aliphatic carbocycles. The molecule has 12 heavy (non-hydrogen) atoms. The van der Waals surface area contributed by atoms with Gasteiger partial charge in [-0.15, -0.1) is 11.3 Å². The van der Waals surface area contributed by atoms with Crippen LogP contribution in [-0.2, 0) is 4.74 Å². The molecule has 1 heterocycles. The molecule has 0 aliphatic rings. The van der Waals surface area contributed by atoms with Crippen molar-refractivity contribution < 1.29 is 9.53 Å². The van der Waals surface area contributed by atoms with Crippen molar-refractivity contribution in [3.05, 3.63) is 16.5 Å². The molecule has 66 valence electrons. The van der Waals surface area contributed by atoms with Crippen LogP contribution < -0.4 is 5.73 Å². The first kappa shape index (κ1) is 9.06. The predicted molar refractivity (Wildman–Crippen MR) is 49.4 cm³/mol. The van der Waals surface area contributed by atoms with Crippen LogP contribution in [0.1, 0.15) is 22.8 Å². The fourth-order valence-electron chi connectivity index (χ4n) is 0.842. The van der Waals surface area contributed by atoms with E-state index in [2.05, 4.69) is 0 Å². The summed E-state index contributed by atoms with van der Waals surface area (Å²) in [5, 5.41) is 2.40. The number of carbonyl (C=O) groups is 1. The zero-order chi connectivity index (χ0) is 9.14. The molecular formula is C8H11NO2S. The Morgan fingerprint density at radius 1 is 1.75 bits per heavy atom. The Morgan fingerprint density at radius 3 is 2.83 bits per heavy atom. The molecule has 4 heteroatoms. The summed E-state index contributed by atoms with van der Waals surface area (Å²) in [5.74, 6) is -0.289. The first-order valence-corrected chi connectivity index (χ1v) is 4.55. The second-order valence-corrected chi connectivity index (χ2v) is 3.27. The van der Waals surface area contributed by atoms with Gasteiger partial charge >= 0.3 is 5.97 Å². The van der Waals surface area contributed by atoms with E-state index in [9.17, 15) is 4.79 Å². The summed E-state index contributed by atoms with van der Waals surface area (Å²) < 4.78 is 4.83. The molecule has 2 N–H and O–H groups in total. The lowest BCUT2D eigenvalue weighted by Gasteiger charge is -1.99. The van der Waals surface area contributed by atoms with Crippen LogP contribution in [0.25, 0.3) is 0 Å². The van der Waals surface area contributed by atoms with E-state index in [4.69, 9.17) is 10.5 Å². The van der Waals surface area contributed by atoms with Gasteiger partial charge in [0.2, 0.25) is 0 Å². The first-order chi connectivity index (χ1) is 5.66. The highest BCUT2D eigenvalue weighted by molar-refractivity contribution is 7.14. The SMILES string of the molecule is CCOC(=O)c1csc(N)c1C. The second kappa shape index (κ2) is 3.58. The summed E-state index contributed by atoms with van der Waals surface area (Å²) in [7, 11) is 0. The lowest BCUT2D eigenvalue weighted by Crippen LogP contribution is -2.04. The van der Waals surface area contributed by atoms with Crippen LogP contribution in [-0.4, -0.2) is 12.6 Å². The van der Waals surface area contributed by atoms with Gasteiger partial charge < -0.3 is 10.5 Å². The Balaban J connectivity index is 2.88. The lowest BCUT2D eigenvalue weighted by atomic mass is 10.2. The van der Waals surface area contributed by atoms with Gasteiger partial charge in [0, 0.05) is 5.38 Å². The molecule has 0 aromatic carbocycles. The topological polar surface area (TPSA) is 52.3 Å². The van der Waals surface area contributed by atoms with Gasteiger partial charge in [-0.3, -0.25) is 0 Å². The third-order valence-electron chi connectivity index (χ3n) is 1.57. The molecule has 1 rings (SSSR count). The number of carbonyl (C=O) groups excluding carboxylic acids is 1. The predicted octanol–water partition coefficient (Wildman–Crippen LogP) is 1.82. The summed E-state index contributed by atoms with van der Waals surface area (Å²) in [5.41, 5.74) is 6.99. The number of anilines is 1. The van der Waals surface area contributed by atoms with Gasteiger partial charge in [0.25, 0.3) is 0 Å². The van der Waals surface area contributed by atoms with Crippen molar-refractivity contribution in [1.82, 2.24) is 0 Å². The van der Waals surface area contributed by atoms with Crippen molar-refractivity contribution in [2.45, 2.75) is 13.8 Å². The Bertz CT molecular complexity index is 293. The number of rotatable bonds is 2. The van der Waals surface area contributed by atoms with Gasteiger partial charge in [0.05, 0.1) is 17.2 Å². The van der Waals surface area contributed by atoms with Crippen molar-refractivity contribution in [1.29, 1.82) is 0 Å². The minimum absolute atomic E-state index is 0.289. The fourth-order valence-corrected chi connectivity index (χ4v) is 1.65. The minimum Gasteiger partial charge on any atom is -0.462 e. The van der Waals surface area contributed by atoms with Crippen LogP contribution in [0.15, 0.2) is 5.38 Å².